The highest BCUT2D eigenvalue weighted by Gasteiger charge is 2.59. The van der Waals surface area contributed by atoms with E-state index in [1.807, 2.05) is 47.0 Å². The van der Waals surface area contributed by atoms with Crippen LogP contribution in [0.15, 0.2) is 30.3 Å². The molecule has 1 atom stereocenters. The van der Waals surface area contributed by atoms with Crippen molar-refractivity contribution in [1.29, 1.82) is 0 Å². The molecule has 1 aliphatic carbocycles. The zero-order valence-electron chi connectivity index (χ0n) is 12.5. The second kappa shape index (κ2) is 5.30. The SMILES string of the molecule is O=C1[C@@H]2CSC3(CCCCC3)N2C(=O)N1Cc1ccccc1. The Morgan fingerprint density at radius 3 is 2.55 bits per heavy atom. The third-order valence-corrected chi connectivity index (χ3v) is 6.69. The quantitative estimate of drug-likeness (QED) is 0.787. The molecule has 3 aliphatic rings. The number of carbonyl (C=O) groups is 2. The normalized spacial score (nSPS) is 26.8. The lowest BCUT2D eigenvalue weighted by molar-refractivity contribution is -0.128. The van der Waals surface area contributed by atoms with E-state index in [0.29, 0.717) is 6.54 Å². The minimum Gasteiger partial charge on any atom is -0.297 e. The number of hydrogen-bond acceptors (Lipinski definition) is 3. The van der Waals surface area contributed by atoms with Crippen molar-refractivity contribution >= 4 is 23.7 Å². The molecule has 0 aromatic heterocycles. The van der Waals surface area contributed by atoms with Gasteiger partial charge < -0.3 is 0 Å². The van der Waals surface area contributed by atoms with Crippen LogP contribution in [-0.2, 0) is 11.3 Å². The molecule has 22 heavy (non-hydrogen) atoms. The van der Waals surface area contributed by atoms with Crippen LogP contribution in [0.5, 0.6) is 0 Å². The molecule has 1 aromatic rings. The maximum absolute atomic E-state index is 12.9. The van der Waals surface area contributed by atoms with Crippen LogP contribution in [-0.4, -0.2) is 38.4 Å². The van der Waals surface area contributed by atoms with Gasteiger partial charge in [0.2, 0.25) is 0 Å². The lowest BCUT2D eigenvalue weighted by Crippen LogP contribution is -2.48. The van der Waals surface area contributed by atoms with E-state index in [0.717, 1.165) is 37.0 Å². The van der Waals surface area contributed by atoms with Gasteiger partial charge in [0.05, 0.1) is 11.4 Å². The minimum absolute atomic E-state index is 0.0104. The predicted octanol–water partition coefficient (Wildman–Crippen LogP) is 3.23. The molecule has 0 N–H and O–H groups in total. The second-order valence-electron chi connectivity index (χ2n) is 6.40. The fourth-order valence-corrected chi connectivity index (χ4v) is 5.64. The van der Waals surface area contributed by atoms with Crippen LogP contribution < -0.4 is 0 Å². The molecule has 116 valence electrons. The first-order chi connectivity index (χ1) is 10.7. The largest absolute Gasteiger partial charge is 0.328 e. The molecule has 2 heterocycles. The Morgan fingerprint density at radius 1 is 1.09 bits per heavy atom. The van der Waals surface area contributed by atoms with Gasteiger partial charge in [-0.25, -0.2) is 4.79 Å². The van der Waals surface area contributed by atoms with Gasteiger partial charge in [-0.3, -0.25) is 14.6 Å². The number of imide groups is 1. The Morgan fingerprint density at radius 2 is 1.82 bits per heavy atom. The number of hydrogen-bond donors (Lipinski definition) is 0. The Balaban J connectivity index is 1.60. The Bertz CT molecular complexity index is 598. The number of carbonyl (C=O) groups excluding carboxylic acids is 2. The third kappa shape index (κ3) is 2.06. The number of amides is 3. The molecule has 3 amide bonds. The van der Waals surface area contributed by atoms with Gasteiger partial charge in [0, 0.05) is 5.75 Å². The van der Waals surface area contributed by atoms with Gasteiger partial charge in [-0.15, -0.1) is 11.8 Å². The third-order valence-electron chi connectivity index (χ3n) is 5.07. The average molecular weight is 316 g/mol. The average Bonchev–Trinajstić information content (AvgIpc) is 3.02. The molecular formula is C17H20N2O2S. The summed E-state index contributed by atoms with van der Waals surface area (Å²) in [5.74, 6) is 0.749. The van der Waals surface area contributed by atoms with E-state index in [1.165, 1.54) is 11.3 Å². The van der Waals surface area contributed by atoms with E-state index >= 15 is 0 Å². The highest BCUT2D eigenvalue weighted by molar-refractivity contribution is 8.01. The summed E-state index contributed by atoms with van der Waals surface area (Å²) in [5.41, 5.74) is 1.01. The topological polar surface area (TPSA) is 40.6 Å². The van der Waals surface area contributed by atoms with Crippen LogP contribution >= 0.6 is 11.8 Å². The summed E-state index contributed by atoms with van der Waals surface area (Å²) in [5, 5.41) is 0. The number of thioether (sulfide) groups is 1. The van der Waals surface area contributed by atoms with Crippen molar-refractivity contribution in [2.24, 2.45) is 0 Å². The van der Waals surface area contributed by atoms with Gasteiger partial charge >= 0.3 is 6.03 Å². The van der Waals surface area contributed by atoms with Gasteiger partial charge in [0.1, 0.15) is 6.04 Å². The van der Waals surface area contributed by atoms with Crippen molar-refractivity contribution in [1.82, 2.24) is 9.80 Å². The molecular weight excluding hydrogens is 296 g/mol. The number of benzene rings is 1. The second-order valence-corrected chi connectivity index (χ2v) is 7.78. The summed E-state index contributed by atoms with van der Waals surface area (Å²) in [6.45, 7) is 0.395. The summed E-state index contributed by atoms with van der Waals surface area (Å²) < 4.78 is 0. The molecule has 2 aliphatic heterocycles. The molecule has 0 unspecified atom stereocenters. The van der Waals surface area contributed by atoms with Gasteiger partial charge in [0.25, 0.3) is 5.91 Å². The Labute approximate surface area is 134 Å². The van der Waals surface area contributed by atoms with E-state index in [-0.39, 0.29) is 22.9 Å². The highest BCUT2D eigenvalue weighted by Crippen LogP contribution is 2.51. The molecule has 1 spiro atoms. The standard InChI is InChI=1S/C17H20N2O2S/c20-15-14-12-22-17(9-5-2-6-10-17)19(14)16(21)18(15)11-13-7-3-1-4-8-13/h1,3-4,7-8,14H,2,5-6,9-12H2/t14-/m0/s1. The maximum Gasteiger partial charge on any atom is 0.328 e. The molecule has 3 fully saturated rings. The van der Waals surface area contributed by atoms with Crippen molar-refractivity contribution in [3.05, 3.63) is 35.9 Å². The molecule has 0 radical (unpaired) electrons. The first-order valence-electron chi connectivity index (χ1n) is 8.04. The summed E-state index contributed by atoms with van der Waals surface area (Å²) in [6, 6.07) is 9.46. The molecule has 4 rings (SSSR count). The van der Waals surface area contributed by atoms with Gasteiger partial charge in [-0.2, -0.15) is 0 Å². The monoisotopic (exact) mass is 316 g/mol. The molecule has 1 saturated carbocycles. The van der Waals surface area contributed by atoms with E-state index in [9.17, 15) is 9.59 Å². The summed E-state index contributed by atoms with van der Waals surface area (Å²) in [7, 11) is 0. The summed E-state index contributed by atoms with van der Waals surface area (Å²) >= 11 is 1.83. The fraction of sp³-hybridized carbons (Fsp3) is 0.529. The minimum atomic E-state index is -0.237. The van der Waals surface area contributed by atoms with Crippen LogP contribution in [0.25, 0.3) is 0 Å². The molecule has 0 bridgehead atoms. The predicted molar refractivity (Wildman–Crippen MR) is 86.3 cm³/mol. The van der Waals surface area contributed by atoms with Crippen molar-refractivity contribution in [3.63, 3.8) is 0 Å². The highest BCUT2D eigenvalue weighted by atomic mass is 32.2. The van der Waals surface area contributed by atoms with Gasteiger partial charge in [0.15, 0.2) is 0 Å². The zero-order chi connectivity index (χ0) is 15.2. The lowest BCUT2D eigenvalue weighted by atomic mass is 9.93. The lowest BCUT2D eigenvalue weighted by Gasteiger charge is -2.39. The summed E-state index contributed by atoms with van der Waals surface area (Å²) in [6.07, 6.45) is 5.64. The van der Waals surface area contributed by atoms with Crippen LogP contribution in [0.3, 0.4) is 0 Å². The van der Waals surface area contributed by atoms with Crippen molar-refractivity contribution in [2.75, 3.05) is 5.75 Å². The van der Waals surface area contributed by atoms with E-state index in [1.54, 1.807) is 0 Å². The van der Waals surface area contributed by atoms with Crippen molar-refractivity contribution in [2.45, 2.75) is 49.6 Å². The van der Waals surface area contributed by atoms with Crippen LogP contribution in [0.2, 0.25) is 0 Å². The number of rotatable bonds is 2. The number of urea groups is 1. The summed E-state index contributed by atoms with van der Waals surface area (Å²) in [4.78, 5) is 28.8. The number of nitrogens with zero attached hydrogens (tertiary/aromatic N) is 2. The van der Waals surface area contributed by atoms with E-state index < -0.39 is 0 Å². The van der Waals surface area contributed by atoms with Crippen LogP contribution in [0.4, 0.5) is 4.79 Å². The van der Waals surface area contributed by atoms with E-state index in [4.69, 9.17) is 0 Å². The Kier molecular flexibility index (Phi) is 3.40. The molecule has 1 aromatic carbocycles. The van der Waals surface area contributed by atoms with Gasteiger partial charge in [-0.1, -0.05) is 49.6 Å². The first kappa shape index (κ1) is 14.1. The maximum atomic E-state index is 12.9. The van der Waals surface area contributed by atoms with Gasteiger partial charge in [-0.05, 0) is 18.4 Å². The van der Waals surface area contributed by atoms with Crippen molar-refractivity contribution in [3.8, 4) is 0 Å². The fourth-order valence-electron chi connectivity index (χ4n) is 3.96. The first-order valence-corrected chi connectivity index (χ1v) is 9.02. The van der Waals surface area contributed by atoms with E-state index in [2.05, 4.69) is 0 Å². The van der Waals surface area contributed by atoms with Crippen molar-refractivity contribution < 1.29 is 9.59 Å². The Hall–Kier alpha value is -1.49. The van der Waals surface area contributed by atoms with Crippen LogP contribution in [0, 0.1) is 0 Å². The van der Waals surface area contributed by atoms with Crippen LogP contribution in [0.1, 0.15) is 37.7 Å². The zero-order valence-corrected chi connectivity index (χ0v) is 13.3. The smallest absolute Gasteiger partial charge is 0.297 e. The molecule has 5 heteroatoms. The molecule has 4 nitrogen and oxygen atoms in total. The number of fused-ring (bicyclic) bond motifs is 2. The molecule has 2 saturated heterocycles.